The number of hydrogen-bond donors (Lipinski definition) is 2. The highest BCUT2D eigenvalue weighted by molar-refractivity contribution is 5.89. The molecular formula is C31H44N2O6. The van der Waals surface area contributed by atoms with E-state index in [2.05, 4.69) is 41.4 Å². The van der Waals surface area contributed by atoms with Crippen molar-refractivity contribution in [3.63, 3.8) is 0 Å². The predicted octanol–water partition coefficient (Wildman–Crippen LogP) is 4.59. The molecule has 8 heteroatoms. The Morgan fingerprint density at radius 2 is 1.72 bits per heavy atom. The lowest BCUT2D eigenvalue weighted by atomic mass is 9.88. The van der Waals surface area contributed by atoms with Gasteiger partial charge in [-0.2, -0.15) is 0 Å². The zero-order valence-electron chi connectivity index (χ0n) is 24.0. The molecule has 8 nitrogen and oxygen atoms in total. The maximum Gasteiger partial charge on any atom is 0.325 e. The third-order valence-electron chi connectivity index (χ3n) is 6.17. The average Bonchev–Trinajstić information content (AvgIpc) is 2.93. The Morgan fingerprint density at radius 1 is 1.00 bits per heavy atom. The second-order valence-corrected chi connectivity index (χ2v) is 9.29. The van der Waals surface area contributed by atoms with Crippen LogP contribution < -0.4 is 10.6 Å². The number of amides is 2. The largest absolute Gasteiger partial charge is 0.468 e. The summed E-state index contributed by atoms with van der Waals surface area (Å²) in [5.74, 6) is -0.763. The predicted molar refractivity (Wildman–Crippen MR) is 154 cm³/mol. The number of ether oxygens (including phenoxy) is 3. The van der Waals surface area contributed by atoms with Crippen molar-refractivity contribution in [2.24, 2.45) is 11.8 Å². The van der Waals surface area contributed by atoms with Crippen molar-refractivity contribution in [3.8, 4) is 0 Å². The van der Waals surface area contributed by atoms with Crippen molar-refractivity contribution in [1.29, 1.82) is 0 Å². The van der Waals surface area contributed by atoms with E-state index >= 15 is 0 Å². The van der Waals surface area contributed by atoms with Gasteiger partial charge in [0, 0.05) is 44.8 Å². The van der Waals surface area contributed by atoms with Crippen molar-refractivity contribution in [3.05, 3.63) is 78.0 Å². The molecule has 2 amide bonds. The van der Waals surface area contributed by atoms with Crippen LogP contribution in [0.25, 0.3) is 6.08 Å². The molecule has 0 unspecified atom stereocenters. The molecule has 1 aromatic rings. The molecule has 0 aliphatic rings. The highest BCUT2D eigenvalue weighted by atomic mass is 16.5. The maximum absolute atomic E-state index is 12.2. The van der Waals surface area contributed by atoms with Gasteiger partial charge in [-0.05, 0) is 30.9 Å². The van der Waals surface area contributed by atoms with Gasteiger partial charge in [0.1, 0.15) is 6.54 Å². The fourth-order valence-corrected chi connectivity index (χ4v) is 3.98. The molecule has 0 bridgehead atoms. The molecule has 1 aromatic carbocycles. The number of carbonyl (C=O) groups excluding carboxylic acids is 3. The fraction of sp³-hybridized carbons (Fsp3) is 0.452. The Hall–Kier alpha value is -3.49. The van der Waals surface area contributed by atoms with Gasteiger partial charge in [0.15, 0.2) is 0 Å². The minimum absolute atomic E-state index is 0.0845. The van der Waals surface area contributed by atoms with E-state index in [0.29, 0.717) is 12.8 Å². The van der Waals surface area contributed by atoms with E-state index in [4.69, 9.17) is 9.47 Å². The van der Waals surface area contributed by atoms with Crippen molar-refractivity contribution < 1.29 is 28.6 Å². The van der Waals surface area contributed by atoms with Gasteiger partial charge in [-0.3, -0.25) is 14.4 Å². The summed E-state index contributed by atoms with van der Waals surface area (Å²) in [6.45, 7) is 5.93. The minimum atomic E-state index is -0.488. The second-order valence-electron chi connectivity index (χ2n) is 9.29. The summed E-state index contributed by atoms with van der Waals surface area (Å²) in [6.07, 6.45) is 14.3. The van der Waals surface area contributed by atoms with E-state index in [-0.39, 0.29) is 48.8 Å². The topological polar surface area (TPSA) is 103 Å². The van der Waals surface area contributed by atoms with Crippen LogP contribution in [0.5, 0.6) is 0 Å². The van der Waals surface area contributed by atoms with Crippen LogP contribution in [0.3, 0.4) is 0 Å². The standard InChI is InChI=1S/C31H44N2O6/c1-23(21-29(35)32-20-12-8-11-15-28(34)33-22-30(36)38-5)16-17-24(2)31(39-6)25(3)27(37-4)19-18-26-13-9-7-10-14-26/h7,9-10,12-14,16-21,24-25,27,31H,8,11,15,22H2,1-6H3,(H,32,35)(H,33,34)/t24-,25+,27-,31-/m0/s1. The molecule has 1 rings (SSSR count). The molecule has 0 aromatic heterocycles. The van der Waals surface area contributed by atoms with Crippen LogP contribution >= 0.6 is 0 Å². The lowest BCUT2D eigenvalue weighted by molar-refractivity contribution is -0.141. The number of nitrogens with one attached hydrogen (secondary N) is 2. The highest BCUT2D eigenvalue weighted by Gasteiger charge is 2.27. The molecule has 2 N–H and O–H groups in total. The SMILES string of the molecule is COC(=O)CNC(=O)CCCC=CNC(=O)C=C(C)C=C[C@H](C)[C@H](OC)[C@H](C)[C@H](C=Cc1ccccc1)OC. The van der Waals surface area contributed by atoms with Crippen LogP contribution in [0.4, 0.5) is 0 Å². The fourth-order valence-electron chi connectivity index (χ4n) is 3.98. The number of carbonyl (C=O) groups is 3. The number of unbranched alkanes of at least 4 members (excludes halogenated alkanes) is 1. The maximum atomic E-state index is 12.2. The quantitative estimate of drug-likeness (QED) is 0.130. The summed E-state index contributed by atoms with van der Waals surface area (Å²) in [5.41, 5.74) is 1.92. The molecule has 0 spiro atoms. The number of hydrogen-bond acceptors (Lipinski definition) is 6. The first-order valence-electron chi connectivity index (χ1n) is 13.2. The third-order valence-corrected chi connectivity index (χ3v) is 6.17. The summed E-state index contributed by atoms with van der Waals surface area (Å²) in [6, 6.07) is 10.1. The molecule has 0 radical (unpaired) electrons. The van der Waals surface area contributed by atoms with Crippen molar-refractivity contribution in [2.75, 3.05) is 27.9 Å². The molecule has 0 saturated heterocycles. The molecule has 0 aliphatic carbocycles. The Labute approximate surface area is 233 Å². The molecule has 0 fully saturated rings. The number of benzene rings is 1. The Balaban J connectivity index is 2.52. The zero-order chi connectivity index (χ0) is 29.0. The first kappa shape index (κ1) is 33.5. The average molecular weight is 541 g/mol. The molecule has 0 aliphatic heterocycles. The summed E-state index contributed by atoms with van der Waals surface area (Å²) in [5, 5.41) is 5.18. The van der Waals surface area contributed by atoms with Crippen molar-refractivity contribution >= 4 is 23.9 Å². The number of methoxy groups -OCH3 is 3. The van der Waals surface area contributed by atoms with E-state index in [1.165, 1.54) is 13.2 Å². The van der Waals surface area contributed by atoms with E-state index < -0.39 is 5.97 Å². The molecule has 4 atom stereocenters. The van der Waals surface area contributed by atoms with Gasteiger partial charge in [0.2, 0.25) is 11.8 Å². The Kier molecular flexibility index (Phi) is 16.8. The van der Waals surface area contributed by atoms with Gasteiger partial charge in [0.25, 0.3) is 0 Å². The van der Waals surface area contributed by atoms with Gasteiger partial charge in [-0.25, -0.2) is 0 Å². The van der Waals surface area contributed by atoms with Crippen molar-refractivity contribution in [2.45, 2.75) is 52.2 Å². The molecule has 0 saturated carbocycles. The highest BCUT2D eigenvalue weighted by Crippen LogP contribution is 2.24. The van der Waals surface area contributed by atoms with Gasteiger partial charge in [0.05, 0.1) is 19.3 Å². The first-order chi connectivity index (χ1) is 18.7. The number of esters is 1. The summed E-state index contributed by atoms with van der Waals surface area (Å²) in [7, 11) is 4.67. The smallest absolute Gasteiger partial charge is 0.325 e. The minimum Gasteiger partial charge on any atom is -0.468 e. The summed E-state index contributed by atoms with van der Waals surface area (Å²) in [4.78, 5) is 34.8. The summed E-state index contributed by atoms with van der Waals surface area (Å²) < 4.78 is 16.0. The van der Waals surface area contributed by atoms with Gasteiger partial charge in [-0.15, -0.1) is 0 Å². The molecular weight excluding hydrogens is 496 g/mol. The lowest BCUT2D eigenvalue weighted by Crippen LogP contribution is -2.35. The van der Waals surface area contributed by atoms with E-state index in [1.807, 2.05) is 49.4 Å². The van der Waals surface area contributed by atoms with Gasteiger partial charge < -0.3 is 24.8 Å². The number of allylic oxidation sites excluding steroid dienone is 3. The third kappa shape index (κ3) is 14.3. The zero-order valence-corrected chi connectivity index (χ0v) is 24.0. The van der Waals surface area contributed by atoms with Gasteiger partial charge in [-0.1, -0.05) is 74.6 Å². The van der Waals surface area contributed by atoms with E-state index in [1.54, 1.807) is 26.5 Å². The Morgan fingerprint density at radius 3 is 2.36 bits per heavy atom. The van der Waals surface area contributed by atoms with Crippen LogP contribution in [-0.4, -0.2) is 57.9 Å². The van der Waals surface area contributed by atoms with Crippen molar-refractivity contribution in [1.82, 2.24) is 10.6 Å². The van der Waals surface area contributed by atoms with Crippen LogP contribution in [0.1, 0.15) is 45.6 Å². The van der Waals surface area contributed by atoms with Crippen LogP contribution in [-0.2, 0) is 28.6 Å². The van der Waals surface area contributed by atoms with E-state index in [9.17, 15) is 14.4 Å². The molecule has 0 heterocycles. The van der Waals surface area contributed by atoms with E-state index in [0.717, 1.165) is 11.1 Å². The van der Waals surface area contributed by atoms with Crippen LogP contribution in [0.15, 0.2) is 72.5 Å². The normalized spacial score (nSPS) is 15.3. The second kappa shape index (κ2) is 19.6. The van der Waals surface area contributed by atoms with Gasteiger partial charge >= 0.3 is 5.97 Å². The first-order valence-corrected chi connectivity index (χ1v) is 13.2. The molecule has 214 valence electrons. The molecule has 39 heavy (non-hydrogen) atoms. The lowest BCUT2D eigenvalue weighted by Gasteiger charge is -2.30. The van der Waals surface area contributed by atoms with Crippen LogP contribution in [0, 0.1) is 11.8 Å². The monoisotopic (exact) mass is 540 g/mol. The summed E-state index contributed by atoms with van der Waals surface area (Å²) >= 11 is 0. The number of rotatable bonds is 17. The Bertz CT molecular complexity index is 1000. The van der Waals surface area contributed by atoms with Crippen LogP contribution in [0.2, 0.25) is 0 Å².